The van der Waals surface area contributed by atoms with E-state index >= 15 is 0 Å². The summed E-state index contributed by atoms with van der Waals surface area (Å²) in [6, 6.07) is 2.49. The monoisotopic (exact) mass is 449 g/mol. The minimum atomic E-state index is -1.02. The van der Waals surface area contributed by atoms with Crippen LogP contribution in [0.2, 0.25) is 0 Å². The van der Waals surface area contributed by atoms with Gasteiger partial charge in [-0.2, -0.15) is 0 Å². The number of alkyl carbamates (subject to hydrolysis) is 1. The lowest BCUT2D eigenvalue weighted by Crippen LogP contribution is -2.54. The van der Waals surface area contributed by atoms with Gasteiger partial charge in [0.1, 0.15) is 17.7 Å². The highest BCUT2D eigenvalue weighted by atomic mass is 19.1. The van der Waals surface area contributed by atoms with Crippen molar-refractivity contribution < 1.29 is 27.9 Å². The van der Waals surface area contributed by atoms with E-state index in [2.05, 4.69) is 24.5 Å². The van der Waals surface area contributed by atoms with E-state index in [-0.39, 0.29) is 30.6 Å². The van der Waals surface area contributed by atoms with Gasteiger partial charge in [-0.3, -0.25) is 14.9 Å². The topological polar surface area (TPSA) is 87.7 Å². The molecular weight excluding hydrogens is 420 g/mol. The van der Waals surface area contributed by atoms with Crippen molar-refractivity contribution in [3.63, 3.8) is 0 Å². The molecule has 32 heavy (non-hydrogen) atoms. The average molecular weight is 449 g/mol. The molecule has 9 heteroatoms. The number of piperidine rings is 1. The van der Waals surface area contributed by atoms with Gasteiger partial charge in [0.05, 0.1) is 19.0 Å². The molecule has 1 atom stereocenters. The molecule has 3 fully saturated rings. The molecule has 2 heterocycles. The van der Waals surface area contributed by atoms with Crippen molar-refractivity contribution in [2.24, 2.45) is 5.41 Å². The number of carbonyl (C=O) groups excluding carboxylic acids is 3. The molecule has 1 saturated carbocycles. The van der Waals surface area contributed by atoms with Crippen molar-refractivity contribution in [3.05, 3.63) is 29.3 Å². The highest BCUT2D eigenvalue weighted by Gasteiger charge is 2.36. The number of anilines is 1. The predicted octanol–water partition coefficient (Wildman–Crippen LogP) is 3.37. The number of halogens is 2. The molecule has 2 N–H and O–H groups in total. The van der Waals surface area contributed by atoms with E-state index in [1.54, 1.807) is 4.90 Å². The third kappa shape index (κ3) is 4.86. The van der Waals surface area contributed by atoms with Gasteiger partial charge in [0.25, 0.3) is 0 Å². The van der Waals surface area contributed by atoms with Gasteiger partial charge in [0.2, 0.25) is 11.8 Å². The molecule has 0 spiro atoms. The fourth-order valence-corrected chi connectivity index (χ4v) is 4.67. The van der Waals surface area contributed by atoms with Crippen LogP contribution in [0.5, 0.6) is 0 Å². The molecule has 4 rings (SSSR count). The molecule has 3 amide bonds. The van der Waals surface area contributed by atoms with Crippen molar-refractivity contribution in [3.8, 4) is 0 Å². The fraction of sp³-hybridized carbons (Fsp3) is 0.609. The first-order valence-corrected chi connectivity index (χ1v) is 11.2. The van der Waals surface area contributed by atoms with Gasteiger partial charge in [-0.25, -0.2) is 13.6 Å². The lowest BCUT2D eigenvalue weighted by atomic mass is 9.76. The molecule has 1 unspecified atom stereocenters. The molecular formula is C23H29F2N3O4. The van der Waals surface area contributed by atoms with E-state index in [4.69, 9.17) is 4.74 Å². The van der Waals surface area contributed by atoms with E-state index in [1.165, 1.54) is 12.1 Å². The van der Waals surface area contributed by atoms with Crippen LogP contribution < -0.4 is 15.5 Å². The van der Waals surface area contributed by atoms with Crippen LogP contribution in [0.1, 0.15) is 63.9 Å². The average Bonchev–Trinajstić information content (AvgIpc) is 2.67. The molecule has 0 bridgehead atoms. The summed E-state index contributed by atoms with van der Waals surface area (Å²) in [5, 5.41) is 5.04. The summed E-state index contributed by atoms with van der Waals surface area (Å²) in [5.41, 5.74) is 0.322. The molecule has 1 aromatic rings. The molecule has 3 aliphatic rings. The molecule has 0 radical (unpaired) electrons. The summed E-state index contributed by atoms with van der Waals surface area (Å²) in [6.45, 7) is 5.13. The van der Waals surface area contributed by atoms with Crippen molar-refractivity contribution >= 4 is 23.6 Å². The summed E-state index contributed by atoms with van der Waals surface area (Å²) >= 11 is 0. The first-order valence-electron chi connectivity index (χ1n) is 11.2. The van der Waals surface area contributed by atoms with Crippen molar-refractivity contribution in [1.82, 2.24) is 10.6 Å². The first-order chi connectivity index (χ1) is 15.1. The van der Waals surface area contributed by atoms with Crippen LogP contribution in [-0.2, 0) is 14.3 Å². The number of rotatable bonds is 4. The normalized spacial score (nSPS) is 24.0. The Balaban J connectivity index is 1.29. The van der Waals surface area contributed by atoms with E-state index < -0.39 is 35.5 Å². The number of amides is 3. The third-order valence-electron chi connectivity index (χ3n) is 6.80. The minimum Gasteiger partial charge on any atom is -0.442 e. The maximum absolute atomic E-state index is 14.7. The number of ether oxygens (including phenoxy) is 1. The SMILES string of the molecule is CC1(C)CCC(NC(=O)OC2CN(c3cc(F)c(C4CCC(=O)NC4=O)c(F)c3)C2)CC1. The van der Waals surface area contributed by atoms with E-state index in [1.807, 2.05) is 0 Å². The fourth-order valence-electron chi connectivity index (χ4n) is 4.67. The standard InChI is InChI=1S/C23H29F2N3O4/c1-23(2)7-5-13(6-8-23)26-22(31)32-15-11-28(12-15)14-9-17(24)20(18(25)10-14)16-3-4-19(29)27-21(16)30/h9-10,13,15-16H,3-8,11-12H2,1-2H3,(H,26,31)(H,27,29,30). The van der Waals surface area contributed by atoms with E-state index in [9.17, 15) is 23.2 Å². The molecule has 7 nitrogen and oxygen atoms in total. The van der Waals surface area contributed by atoms with Crippen LogP contribution >= 0.6 is 0 Å². The zero-order chi connectivity index (χ0) is 23.0. The highest BCUT2D eigenvalue weighted by molar-refractivity contribution is 6.01. The van der Waals surface area contributed by atoms with Crippen LogP contribution in [0, 0.1) is 17.0 Å². The number of hydrogen-bond donors (Lipinski definition) is 2. The van der Waals surface area contributed by atoms with Crippen molar-refractivity contribution in [2.45, 2.75) is 70.4 Å². The Morgan fingerprint density at radius 2 is 1.75 bits per heavy atom. The molecule has 1 aliphatic carbocycles. The lowest BCUT2D eigenvalue weighted by Gasteiger charge is -2.41. The number of nitrogens with zero attached hydrogens (tertiary/aromatic N) is 1. The number of carbonyl (C=O) groups is 3. The summed E-state index contributed by atoms with van der Waals surface area (Å²) in [6.07, 6.45) is 3.28. The second kappa shape index (κ2) is 8.67. The summed E-state index contributed by atoms with van der Waals surface area (Å²) in [4.78, 5) is 37.2. The van der Waals surface area contributed by atoms with E-state index in [0.29, 0.717) is 24.2 Å². The Labute approximate surface area is 185 Å². The van der Waals surface area contributed by atoms with Gasteiger partial charge in [0.15, 0.2) is 0 Å². The zero-order valence-corrected chi connectivity index (χ0v) is 18.4. The number of imide groups is 1. The Morgan fingerprint density at radius 1 is 1.12 bits per heavy atom. The molecule has 174 valence electrons. The van der Waals surface area contributed by atoms with Crippen LogP contribution in [-0.4, -0.2) is 43.1 Å². The summed E-state index contributed by atoms with van der Waals surface area (Å²) in [7, 11) is 0. The second-order valence-corrected chi connectivity index (χ2v) is 9.84. The Morgan fingerprint density at radius 3 is 2.34 bits per heavy atom. The maximum atomic E-state index is 14.7. The predicted molar refractivity (Wildman–Crippen MR) is 113 cm³/mol. The summed E-state index contributed by atoms with van der Waals surface area (Å²) in [5.74, 6) is -3.79. The van der Waals surface area contributed by atoms with Crippen LogP contribution in [0.4, 0.5) is 19.3 Å². The lowest BCUT2D eigenvalue weighted by molar-refractivity contribution is -0.134. The largest absolute Gasteiger partial charge is 0.442 e. The van der Waals surface area contributed by atoms with Gasteiger partial charge >= 0.3 is 6.09 Å². The Hall–Kier alpha value is -2.71. The van der Waals surface area contributed by atoms with Crippen LogP contribution in [0.15, 0.2) is 12.1 Å². The Bertz CT molecular complexity index is 897. The third-order valence-corrected chi connectivity index (χ3v) is 6.80. The zero-order valence-electron chi connectivity index (χ0n) is 18.4. The smallest absolute Gasteiger partial charge is 0.407 e. The number of nitrogens with one attached hydrogen (secondary N) is 2. The van der Waals surface area contributed by atoms with Gasteiger partial charge in [0, 0.05) is 23.7 Å². The quantitative estimate of drug-likeness (QED) is 0.689. The van der Waals surface area contributed by atoms with Gasteiger partial charge in [-0.15, -0.1) is 0 Å². The molecule has 1 aromatic carbocycles. The molecule has 2 saturated heterocycles. The highest BCUT2D eigenvalue weighted by Crippen LogP contribution is 2.35. The molecule has 0 aromatic heterocycles. The maximum Gasteiger partial charge on any atom is 0.407 e. The molecule has 2 aliphatic heterocycles. The van der Waals surface area contributed by atoms with Gasteiger partial charge in [-0.1, -0.05) is 13.8 Å². The van der Waals surface area contributed by atoms with Crippen LogP contribution in [0.25, 0.3) is 0 Å². The van der Waals surface area contributed by atoms with Gasteiger partial charge in [-0.05, 0) is 49.7 Å². The number of benzene rings is 1. The van der Waals surface area contributed by atoms with E-state index in [0.717, 1.165) is 25.7 Å². The minimum absolute atomic E-state index is 0.0445. The number of hydrogen-bond acceptors (Lipinski definition) is 5. The first kappa shape index (κ1) is 22.5. The summed E-state index contributed by atoms with van der Waals surface area (Å²) < 4.78 is 34.8. The van der Waals surface area contributed by atoms with Crippen LogP contribution in [0.3, 0.4) is 0 Å². The van der Waals surface area contributed by atoms with Crippen molar-refractivity contribution in [1.29, 1.82) is 0 Å². The Kier molecular flexibility index (Phi) is 6.09. The second-order valence-electron chi connectivity index (χ2n) is 9.84. The van der Waals surface area contributed by atoms with Gasteiger partial charge < -0.3 is 15.0 Å². The van der Waals surface area contributed by atoms with Crippen molar-refractivity contribution in [2.75, 3.05) is 18.0 Å².